The molecule has 0 heterocycles. The summed E-state index contributed by atoms with van der Waals surface area (Å²) >= 11 is 0. The molecule has 0 saturated carbocycles. The first-order chi connectivity index (χ1) is 5.70. The van der Waals surface area contributed by atoms with E-state index in [2.05, 4.69) is 13.8 Å². The Balaban J connectivity index is 2.39. The van der Waals surface area contributed by atoms with E-state index < -0.39 is 0 Å². The van der Waals surface area contributed by atoms with Crippen molar-refractivity contribution in [1.82, 2.24) is 0 Å². The fourth-order valence-electron chi connectivity index (χ4n) is 1.13. The molecule has 1 aliphatic carbocycles. The fraction of sp³-hybridized carbons (Fsp3) is 0.700. The highest BCUT2D eigenvalue weighted by Gasteiger charge is 2.14. The van der Waals surface area contributed by atoms with Crippen LogP contribution in [0.5, 0.6) is 0 Å². The van der Waals surface area contributed by atoms with Crippen LogP contribution < -0.4 is 0 Å². The Morgan fingerprint density at radius 3 is 2.92 bits per heavy atom. The Hall–Kier alpha value is -0.790. The lowest BCUT2D eigenvalue weighted by atomic mass is 10.1. The largest absolute Gasteiger partial charge is 0.490 e. The van der Waals surface area contributed by atoms with Gasteiger partial charge in [0.25, 0.3) is 0 Å². The van der Waals surface area contributed by atoms with Crippen LogP contribution in [0.2, 0.25) is 0 Å². The van der Waals surface area contributed by atoms with Crippen molar-refractivity contribution in [3.63, 3.8) is 0 Å². The number of ketones is 1. The van der Waals surface area contributed by atoms with E-state index in [1.54, 1.807) is 0 Å². The SMILES string of the molecule is CC(C)COC1=CCCCC1=O. The van der Waals surface area contributed by atoms with E-state index in [0.717, 1.165) is 12.8 Å². The molecule has 1 aliphatic rings. The molecule has 12 heavy (non-hydrogen) atoms. The summed E-state index contributed by atoms with van der Waals surface area (Å²) in [5.41, 5.74) is 0. The third-order valence-electron chi connectivity index (χ3n) is 1.78. The fourth-order valence-corrected chi connectivity index (χ4v) is 1.13. The number of carbonyl (C=O) groups is 1. The van der Waals surface area contributed by atoms with Gasteiger partial charge in [0.05, 0.1) is 6.61 Å². The highest BCUT2D eigenvalue weighted by molar-refractivity contribution is 5.94. The molecule has 0 spiro atoms. The molecule has 0 atom stereocenters. The zero-order chi connectivity index (χ0) is 8.97. The van der Waals surface area contributed by atoms with Crippen molar-refractivity contribution in [3.05, 3.63) is 11.8 Å². The van der Waals surface area contributed by atoms with Gasteiger partial charge in [0.2, 0.25) is 0 Å². The lowest BCUT2D eigenvalue weighted by Gasteiger charge is -2.14. The highest BCUT2D eigenvalue weighted by Crippen LogP contribution is 2.15. The number of rotatable bonds is 3. The second-order valence-electron chi connectivity index (χ2n) is 3.59. The Kier molecular flexibility index (Phi) is 3.32. The highest BCUT2D eigenvalue weighted by atomic mass is 16.5. The van der Waals surface area contributed by atoms with Crippen LogP contribution >= 0.6 is 0 Å². The first-order valence-corrected chi connectivity index (χ1v) is 4.56. The molecule has 0 aromatic rings. The molecule has 0 aromatic heterocycles. The number of Topliss-reactive ketones (excluding diaryl/α,β-unsaturated/α-hetero) is 1. The van der Waals surface area contributed by atoms with E-state index >= 15 is 0 Å². The maximum absolute atomic E-state index is 11.2. The van der Waals surface area contributed by atoms with Crippen LogP contribution in [0.15, 0.2) is 11.8 Å². The Morgan fingerprint density at radius 1 is 1.58 bits per heavy atom. The minimum atomic E-state index is 0.168. The maximum Gasteiger partial charge on any atom is 0.197 e. The van der Waals surface area contributed by atoms with E-state index in [1.165, 1.54) is 0 Å². The molecule has 0 fully saturated rings. The molecular formula is C10H16O2. The van der Waals surface area contributed by atoms with Crippen molar-refractivity contribution in [2.24, 2.45) is 5.92 Å². The minimum Gasteiger partial charge on any atom is -0.490 e. The maximum atomic E-state index is 11.2. The molecule has 0 amide bonds. The minimum absolute atomic E-state index is 0.168. The summed E-state index contributed by atoms with van der Waals surface area (Å²) in [6.45, 7) is 4.80. The van der Waals surface area contributed by atoms with Gasteiger partial charge in [-0.15, -0.1) is 0 Å². The Morgan fingerprint density at radius 2 is 2.33 bits per heavy atom. The third kappa shape index (κ3) is 2.68. The summed E-state index contributed by atoms with van der Waals surface area (Å²) in [5, 5.41) is 0. The second-order valence-corrected chi connectivity index (χ2v) is 3.59. The van der Waals surface area contributed by atoms with Crippen LogP contribution in [-0.4, -0.2) is 12.4 Å². The summed E-state index contributed by atoms with van der Waals surface area (Å²) in [5.74, 6) is 1.25. The molecule has 0 saturated heterocycles. The average Bonchev–Trinajstić information content (AvgIpc) is 2.03. The van der Waals surface area contributed by atoms with Gasteiger partial charge in [-0.3, -0.25) is 4.79 Å². The van der Waals surface area contributed by atoms with Gasteiger partial charge >= 0.3 is 0 Å². The van der Waals surface area contributed by atoms with Gasteiger partial charge in [-0.2, -0.15) is 0 Å². The molecule has 0 aromatic carbocycles. The number of hydrogen-bond donors (Lipinski definition) is 0. The van der Waals surface area contributed by atoms with Crippen LogP contribution in [0.25, 0.3) is 0 Å². The molecule has 0 radical (unpaired) electrons. The molecule has 1 rings (SSSR count). The summed E-state index contributed by atoms with van der Waals surface area (Å²) in [4.78, 5) is 11.2. The van der Waals surface area contributed by atoms with Gasteiger partial charge < -0.3 is 4.74 Å². The van der Waals surface area contributed by atoms with E-state index in [-0.39, 0.29) is 5.78 Å². The van der Waals surface area contributed by atoms with Crippen molar-refractivity contribution in [3.8, 4) is 0 Å². The predicted molar refractivity (Wildman–Crippen MR) is 47.7 cm³/mol. The molecular weight excluding hydrogens is 152 g/mol. The number of hydrogen-bond acceptors (Lipinski definition) is 2. The van der Waals surface area contributed by atoms with Crippen LogP contribution in [0.4, 0.5) is 0 Å². The zero-order valence-electron chi connectivity index (χ0n) is 7.80. The first kappa shape index (κ1) is 9.30. The number of allylic oxidation sites excluding steroid dienone is 2. The average molecular weight is 168 g/mol. The molecule has 2 heteroatoms. The Labute approximate surface area is 73.6 Å². The second kappa shape index (κ2) is 4.29. The summed E-state index contributed by atoms with van der Waals surface area (Å²) in [7, 11) is 0. The van der Waals surface area contributed by atoms with Crippen LogP contribution in [0, 0.1) is 5.92 Å². The molecule has 68 valence electrons. The lowest BCUT2D eigenvalue weighted by molar-refractivity contribution is -0.119. The van der Waals surface area contributed by atoms with E-state index in [4.69, 9.17) is 4.74 Å². The third-order valence-corrected chi connectivity index (χ3v) is 1.78. The molecule has 0 N–H and O–H groups in total. The predicted octanol–water partition coefficient (Wildman–Crippen LogP) is 2.30. The van der Waals surface area contributed by atoms with Gasteiger partial charge in [-0.05, 0) is 24.8 Å². The summed E-state index contributed by atoms with van der Waals surface area (Å²) in [6.07, 6.45) is 4.53. The first-order valence-electron chi connectivity index (χ1n) is 4.56. The van der Waals surface area contributed by atoms with Crippen molar-refractivity contribution in [2.75, 3.05) is 6.61 Å². The Bertz CT molecular complexity index is 192. The van der Waals surface area contributed by atoms with E-state index in [1.807, 2.05) is 6.08 Å². The van der Waals surface area contributed by atoms with Crippen molar-refractivity contribution < 1.29 is 9.53 Å². The van der Waals surface area contributed by atoms with Gasteiger partial charge in [-0.25, -0.2) is 0 Å². The van der Waals surface area contributed by atoms with E-state index in [9.17, 15) is 4.79 Å². The van der Waals surface area contributed by atoms with Crippen LogP contribution in [0.3, 0.4) is 0 Å². The van der Waals surface area contributed by atoms with Gasteiger partial charge in [0.1, 0.15) is 0 Å². The number of ether oxygens (including phenoxy) is 1. The van der Waals surface area contributed by atoms with Crippen molar-refractivity contribution in [2.45, 2.75) is 33.1 Å². The van der Waals surface area contributed by atoms with Gasteiger partial charge in [0, 0.05) is 6.42 Å². The quantitative estimate of drug-likeness (QED) is 0.646. The van der Waals surface area contributed by atoms with Crippen molar-refractivity contribution >= 4 is 5.78 Å². The van der Waals surface area contributed by atoms with Gasteiger partial charge in [0.15, 0.2) is 11.5 Å². The summed E-state index contributed by atoms with van der Waals surface area (Å²) < 4.78 is 5.37. The number of carbonyl (C=O) groups excluding carboxylic acids is 1. The molecule has 2 nitrogen and oxygen atoms in total. The van der Waals surface area contributed by atoms with Gasteiger partial charge in [-0.1, -0.05) is 13.8 Å². The standard InChI is InChI=1S/C10H16O2/c1-8(2)7-12-10-6-4-3-5-9(10)11/h6,8H,3-5,7H2,1-2H3. The molecule has 0 unspecified atom stereocenters. The molecule has 0 bridgehead atoms. The monoisotopic (exact) mass is 168 g/mol. The molecule has 0 aliphatic heterocycles. The smallest absolute Gasteiger partial charge is 0.197 e. The van der Waals surface area contributed by atoms with Crippen molar-refractivity contribution in [1.29, 1.82) is 0 Å². The lowest BCUT2D eigenvalue weighted by Crippen LogP contribution is -2.12. The zero-order valence-corrected chi connectivity index (χ0v) is 7.80. The van der Waals surface area contributed by atoms with Crippen LogP contribution in [-0.2, 0) is 9.53 Å². The topological polar surface area (TPSA) is 26.3 Å². The summed E-state index contributed by atoms with van der Waals surface area (Å²) in [6, 6.07) is 0. The van der Waals surface area contributed by atoms with Crippen LogP contribution in [0.1, 0.15) is 33.1 Å². The normalized spacial score (nSPS) is 17.9. The van der Waals surface area contributed by atoms with E-state index in [0.29, 0.717) is 24.7 Å².